The molecule has 236 valence electrons. The molecule has 2 heterocycles. The third-order valence-corrected chi connectivity index (χ3v) is 10.3. The average Bonchev–Trinajstić information content (AvgIpc) is 3.75. The van der Waals surface area contributed by atoms with E-state index in [1.165, 1.54) is 38.6 Å². The molecule has 0 atom stereocenters. The van der Waals surface area contributed by atoms with Gasteiger partial charge in [0.15, 0.2) is 17.5 Å². The second-order valence-corrected chi connectivity index (χ2v) is 13.1. The Morgan fingerprint density at radius 1 is 0.333 bits per heavy atom. The van der Waals surface area contributed by atoms with Crippen LogP contribution >= 0.6 is 0 Å². The predicted octanol–water partition coefficient (Wildman–Crippen LogP) is 12.4. The van der Waals surface area contributed by atoms with Crippen molar-refractivity contribution in [2.45, 2.75) is 0 Å². The fourth-order valence-electron chi connectivity index (χ4n) is 8.04. The van der Waals surface area contributed by atoms with Crippen LogP contribution in [0.1, 0.15) is 0 Å². The van der Waals surface area contributed by atoms with Crippen LogP contribution in [0.15, 0.2) is 168 Å². The summed E-state index contributed by atoms with van der Waals surface area (Å²) in [6.07, 6.45) is 0. The smallest absolute Gasteiger partial charge is 0.164 e. The van der Waals surface area contributed by atoms with Gasteiger partial charge in [0.25, 0.3) is 0 Å². The van der Waals surface area contributed by atoms with Gasteiger partial charge < -0.3 is 4.42 Å². The monoisotopic (exact) mass is 649 g/mol. The van der Waals surface area contributed by atoms with Gasteiger partial charge in [-0.3, -0.25) is 0 Å². The lowest BCUT2D eigenvalue weighted by atomic mass is 9.94. The molecule has 0 N–H and O–H groups in total. The van der Waals surface area contributed by atoms with Crippen molar-refractivity contribution >= 4 is 43.5 Å². The fraction of sp³-hybridized carbons (Fsp3) is 0. The zero-order chi connectivity index (χ0) is 33.5. The van der Waals surface area contributed by atoms with Gasteiger partial charge in [0.2, 0.25) is 0 Å². The van der Waals surface area contributed by atoms with Crippen molar-refractivity contribution in [3.63, 3.8) is 0 Å². The van der Waals surface area contributed by atoms with Crippen molar-refractivity contribution in [3.8, 4) is 67.5 Å². The molecule has 4 nitrogen and oxygen atoms in total. The number of fused-ring (bicyclic) bond motifs is 8. The molecule has 1 aliphatic carbocycles. The van der Waals surface area contributed by atoms with Crippen molar-refractivity contribution in [2.24, 2.45) is 0 Å². The second kappa shape index (κ2) is 10.8. The summed E-state index contributed by atoms with van der Waals surface area (Å²) in [4.78, 5) is 15.5. The van der Waals surface area contributed by atoms with Crippen LogP contribution in [0.4, 0.5) is 0 Å². The quantitative estimate of drug-likeness (QED) is 0.190. The van der Waals surface area contributed by atoms with E-state index in [1.807, 2.05) is 36.4 Å². The van der Waals surface area contributed by atoms with Gasteiger partial charge in [-0.25, -0.2) is 15.0 Å². The minimum absolute atomic E-state index is 0.606. The number of hydrogen-bond acceptors (Lipinski definition) is 4. The molecule has 8 aromatic carbocycles. The molecule has 51 heavy (non-hydrogen) atoms. The Hall–Kier alpha value is -6.91. The van der Waals surface area contributed by atoms with Crippen molar-refractivity contribution in [1.82, 2.24) is 15.0 Å². The number of rotatable bonds is 4. The predicted molar refractivity (Wildman–Crippen MR) is 208 cm³/mol. The lowest BCUT2D eigenvalue weighted by molar-refractivity contribution is 0.670. The zero-order valence-corrected chi connectivity index (χ0v) is 27.3. The van der Waals surface area contributed by atoms with E-state index in [0.717, 1.165) is 55.0 Å². The Labute approximate surface area is 293 Å². The minimum Gasteiger partial charge on any atom is -0.455 e. The summed E-state index contributed by atoms with van der Waals surface area (Å²) in [5.41, 5.74) is 11.6. The number of aromatic nitrogens is 3. The zero-order valence-electron chi connectivity index (χ0n) is 27.3. The molecule has 0 saturated carbocycles. The molecule has 11 rings (SSSR count). The van der Waals surface area contributed by atoms with Gasteiger partial charge in [0.05, 0.1) is 0 Å². The summed E-state index contributed by atoms with van der Waals surface area (Å²) < 4.78 is 6.79. The third-order valence-electron chi connectivity index (χ3n) is 10.3. The molecule has 0 saturated heterocycles. The maximum absolute atomic E-state index is 6.79. The first-order chi connectivity index (χ1) is 25.3. The third kappa shape index (κ3) is 4.17. The van der Waals surface area contributed by atoms with Crippen LogP contribution < -0.4 is 0 Å². The van der Waals surface area contributed by atoms with Crippen LogP contribution in [0, 0.1) is 0 Å². The number of furan rings is 1. The Kier molecular flexibility index (Phi) is 5.92. The van der Waals surface area contributed by atoms with Crippen LogP contribution in [0.2, 0.25) is 0 Å². The van der Waals surface area contributed by atoms with E-state index in [2.05, 4.69) is 127 Å². The molecule has 10 aromatic rings. The lowest BCUT2D eigenvalue weighted by Gasteiger charge is -2.13. The van der Waals surface area contributed by atoms with Gasteiger partial charge in [-0.2, -0.15) is 0 Å². The molecule has 4 heteroatoms. The molecule has 0 amide bonds. The number of benzene rings is 8. The fourth-order valence-corrected chi connectivity index (χ4v) is 8.04. The van der Waals surface area contributed by atoms with E-state index in [4.69, 9.17) is 19.4 Å². The lowest BCUT2D eigenvalue weighted by Crippen LogP contribution is -2.01. The van der Waals surface area contributed by atoms with Crippen LogP contribution in [0.5, 0.6) is 0 Å². The minimum atomic E-state index is 0.606. The molecule has 0 unspecified atom stereocenters. The molecule has 2 aromatic heterocycles. The second-order valence-electron chi connectivity index (χ2n) is 13.1. The number of nitrogens with zero attached hydrogens (tertiary/aromatic N) is 3. The Balaban J connectivity index is 1.16. The largest absolute Gasteiger partial charge is 0.455 e. The molecule has 0 bridgehead atoms. The van der Waals surface area contributed by atoms with E-state index in [1.54, 1.807) is 0 Å². The van der Waals surface area contributed by atoms with Gasteiger partial charge >= 0.3 is 0 Å². The standard InChI is InChI=1S/C47H27N3O/c1-3-12-28(13-4-1)31-24-26-36(33-19-8-7-18-32(31)33)46-48-45(30-14-5-2-6-15-30)49-47(50-46)39-22-11-23-40-42(39)38-27-25-35-34-20-9-16-29-17-10-21-37(41(29)34)43(35)44(38)51-40/h1-27H. The first kappa shape index (κ1) is 28.0. The Morgan fingerprint density at radius 3 is 1.71 bits per heavy atom. The summed E-state index contributed by atoms with van der Waals surface area (Å²) in [6.45, 7) is 0. The summed E-state index contributed by atoms with van der Waals surface area (Å²) in [5.74, 6) is 1.86. The van der Waals surface area contributed by atoms with Gasteiger partial charge in [-0.15, -0.1) is 0 Å². The van der Waals surface area contributed by atoms with Gasteiger partial charge in [0.1, 0.15) is 11.2 Å². The normalized spacial score (nSPS) is 11.9. The molecule has 0 spiro atoms. The summed E-state index contributed by atoms with van der Waals surface area (Å²) >= 11 is 0. The molecular weight excluding hydrogens is 623 g/mol. The van der Waals surface area contributed by atoms with Gasteiger partial charge in [-0.1, -0.05) is 146 Å². The van der Waals surface area contributed by atoms with E-state index in [9.17, 15) is 0 Å². The van der Waals surface area contributed by atoms with Crippen LogP contribution in [0.25, 0.3) is 111 Å². The topological polar surface area (TPSA) is 51.8 Å². The molecule has 0 fully saturated rings. The van der Waals surface area contributed by atoms with E-state index in [0.29, 0.717) is 17.5 Å². The van der Waals surface area contributed by atoms with Crippen LogP contribution in [-0.4, -0.2) is 15.0 Å². The van der Waals surface area contributed by atoms with Crippen molar-refractivity contribution < 1.29 is 4.42 Å². The molecule has 0 radical (unpaired) electrons. The van der Waals surface area contributed by atoms with Gasteiger partial charge in [0, 0.05) is 33.0 Å². The highest BCUT2D eigenvalue weighted by atomic mass is 16.3. The number of hydrogen-bond donors (Lipinski definition) is 0. The Bertz CT molecular complexity index is 3010. The first-order valence-corrected chi connectivity index (χ1v) is 17.2. The maximum atomic E-state index is 6.79. The average molecular weight is 650 g/mol. The summed E-state index contributed by atoms with van der Waals surface area (Å²) in [5, 5.41) is 6.80. The van der Waals surface area contributed by atoms with E-state index < -0.39 is 0 Å². The van der Waals surface area contributed by atoms with E-state index in [-0.39, 0.29) is 0 Å². The van der Waals surface area contributed by atoms with Crippen molar-refractivity contribution in [3.05, 3.63) is 164 Å². The van der Waals surface area contributed by atoms with Crippen molar-refractivity contribution in [2.75, 3.05) is 0 Å². The van der Waals surface area contributed by atoms with Gasteiger partial charge in [-0.05, 0) is 67.6 Å². The molecule has 1 aliphatic rings. The maximum Gasteiger partial charge on any atom is 0.164 e. The van der Waals surface area contributed by atoms with E-state index >= 15 is 0 Å². The summed E-state index contributed by atoms with van der Waals surface area (Å²) in [6, 6.07) is 57.2. The van der Waals surface area contributed by atoms with Crippen LogP contribution in [-0.2, 0) is 0 Å². The first-order valence-electron chi connectivity index (χ1n) is 17.2. The summed E-state index contributed by atoms with van der Waals surface area (Å²) in [7, 11) is 0. The molecule has 0 aliphatic heterocycles. The molecular formula is C47H27N3O. The Morgan fingerprint density at radius 2 is 0.922 bits per heavy atom. The highest BCUT2D eigenvalue weighted by Crippen LogP contribution is 2.52. The highest BCUT2D eigenvalue weighted by molar-refractivity contribution is 6.24. The van der Waals surface area contributed by atoms with Crippen LogP contribution in [0.3, 0.4) is 0 Å². The SMILES string of the molecule is c1ccc(-c2nc(-c3ccc(-c4ccccc4)c4ccccc34)nc(-c3cccc4oc5c6c(ccc5c34)-c3cccc4cccc-6c34)n2)cc1. The van der Waals surface area contributed by atoms with Crippen molar-refractivity contribution in [1.29, 1.82) is 0 Å². The highest BCUT2D eigenvalue weighted by Gasteiger charge is 2.27.